The third kappa shape index (κ3) is 3.97. The summed E-state index contributed by atoms with van der Waals surface area (Å²) in [6.07, 6.45) is 5.62. The molecule has 0 aliphatic heterocycles. The van der Waals surface area contributed by atoms with Crippen LogP contribution in [0.2, 0.25) is 0 Å². The lowest BCUT2D eigenvalue weighted by Gasteiger charge is -2.17. The predicted octanol–water partition coefficient (Wildman–Crippen LogP) is 4.47. The van der Waals surface area contributed by atoms with Crippen molar-refractivity contribution in [3.63, 3.8) is 0 Å². The Bertz CT molecular complexity index is 688. The maximum absolute atomic E-state index is 12.6. The van der Waals surface area contributed by atoms with Crippen molar-refractivity contribution >= 4 is 12.6 Å². The van der Waals surface area contributed by atoms with Gasteiger partial charge in [-0.15, -0.1) is 4.58 Å². The zero-order chi connectivity index (χ0) is 17.2. The monoisotopic (exact) mass is 322 g/mol. The Morgan fingerprint density at radius 1 is 1.26 bits per heavy atom. The number of hydrogen-bond acceptors (Lipinski definition) is 1. The van der Waals surface area contributed by atoms with Gasteiger partial charge in [0, 0.05) is 11.6 Å². The summed E-state index contributed by atoms with van der Waals surface area (Å²) < 4.78 is 39.2. The maximum atomic E-state index is 12.6. The molecule has 0 radical (unpaired) electrons. The molecule has 0 N–H and O–H groups in total. The largest absolute Gasteiger partial charge is 0.424 e. The summed E-state index contributed by atoms with van der Waals surface area (Å²) in [7, 11) is 0. The number of nitrogens with zero attached hydrogens (tertiary/aromatic N) is 1. The van der Waals surface area contributed by atoms with Crippen LogP contribution in [0.1, 0.15) is 26.7 Å². The van der Waals surface area contributed by atoms with Gasteiger partial charge in [-0.2, -0.15) is 13.2 Å². The molecule has 0 spiro atoms. The van der Waals surface area contributed by atoms with E-state index in [2.05, 4.69) is 6.72 Å². The van der Waals surface area contributed by atoms with Gasteiger partial charge in [0.15, 0.2) is 0 Å². The van der Waals surface area contributed by atoms with Crippen molar-refractivity contribution in [3.8, 4) is 0 Å². The third-order valence-corrected chi connectivity index (χ3v) is 3.96. The van der Waals surface area contributed by atoms with Crippen molar-refractivity contribution in [3.05, 3.63) is 58.9 Å². The molecule has 0 aromatic rings. The van der Waals surface area contributed by atoms with Crippen LogP contribution in [0.25, 0.3) is 0 Å². The Balaban J connectivity index is 2.18. The van der Waals surface area contributed by atoms with E-state index in [1.807, 2.05) is 32.1 Å². The SMILES string of the molecule is C=[N+](C(=O)C1=CCC(C(F)(F)F)C=C1)C1=CC=C(C)CC=C1C. The fourth-order valence-electron chi connectivity index (χ4n) is 2.43. The smallest absolute Gasteiger partial charge is 0.214 e. The van der Waals surface area contributed by atoms with E-state index in [0.717, 1.165) is 23.6 Å². The number of halogens is 3. The molecule has 23 heavy (non-hydrogen) atoms. The Morgan fingerprint density at radius 3 is 2.52 bits per heavy atom. The van der Waals surface area contributed by atoms with E-state index >= 15 is 0 Å². The fourth-order valence-corrected chi connectivity index (χ4v) is 2.43. The molecule has 0 saturated carbocycles. The molecule has 0 bridgehead atoms. The lowest BCUT2D eigenvalue weighted by molar-refractivity contribution is -0.383. The van der Waals surface area contributed by atoms with E-state index in [4.69, 9.17) is 0 Å². The second-order valence-electron chi connectivity index (χ2n) is 5.79. The first-order valence-corrected chi connectivity index (χ1v) is 7.34. The highest BCUT2D eigenvalue weighted by Crippen LogP contribution is 2.33. The number of amides is 1. The zero-order valence-corrected chi connectivity index (χ0v) is 13.2. The summed E-state index contributed by atoms with van der Waals surface area (Å²) in [4.78, 5) is 12.5. The van der Waals surface area contributed by atoms with Gasteiger partial charge in [-0.25, -0.2) is 4.79 Å². The second-order valence-corrected chi connectivity index (χ2v) is 5.79. The average Bonchev–Trinajstić information content (AvgIpc) is 2.67. The van der Waals surface area contributed by atoms with Crippen LogP contribution in [0.3, 0.4) is 0 Å². The van der Waals surface area contributed by atoms with Crippen molar-refractivity contribution in [2.24, 2.45) is 5.92 Å². The fraction of sp³-hybridized carbons (Fsp3) is 0.333. The molecule has 2 nitrogen and oxygen atoms in total. The molecule has 2 aliphatic carbocycles. The molecule has 0 aromatic carbocycles. The Hall–Kier alpha value is -2.17. The summed E-state index contributed by atoms with van der Waals surface area (Å²) in [5, 5.41) is 0. The molecule has 2 aliphatic rings. The summed E-state index contributed by atoms with van der Waals surface area (Å²) >= 11 is 0. The van der Waals surface area contributed by atoms with Crippen molar-refractivity contribution < 1.29 is 22.5 Å². The quantitative estimate of drug-likeness (QED) is 0.542. The number of hydrogen-bond donors (Lipinski definition) is 0. The van der Waals surface area contributed by atoms with Crippen molar-refractivity contribution in [2.75, 3.05) is 0 Å². The molecule has 0 saturated heterocycles. The van der Waals surface area contributed by atoms with Gasteiger partial charge >= 0.3 is 12.1 Å². The van der Waals surface area contributed by atoms with E-state index in [-0.39, 0.29) is 12.0 Å². The highest BCUT2D eigenvalue weighted by atomic mass is 19.4. The lowest BCUT2D eigenvalue weighted by Crippen LogP contribution is -2.25. The van der Waals surface area contributed by atoms with Gasteiger partial charge in [0.25, 0.3) is 0 Å². The molecule has 5 heteroatoms. The van der Waals surface area contributed by atoms with Crippen LogP contribution >= 0.6 is 0 Å². The van der Waals surface area contributed by atoms with Crippen LogP contribution in [-0.2, 0) is 4.79 Å². The molecule has 1 amide bonds. The first-order valence-electron chi connectivity index (χ1n) is 7.34. The van der Waals surface area contributed by atoms with Crippen molar-refractivity contribution in [2.45, 2.75) is 32.9 Å². The molecule has 1 atom stereocenters. The topological polar surface area (TPSA) is 20.1 Å². The zero-order valence-electron chi connectivity index (χ0n) is 13.2. The minimum atomic E-state index is -4.28. The highest BCUT2D eigenvalue weighted by molar-refractivity contribution is 5.91. The van der Waals surface area contributed by atoms with E-state index < -0.39 is 18.0 Å². The summed E-state index contributed by atoms with van der Waals surface area (Å²) in [5.74, 6) is -1.93. The normalized spacial score (nSPS) is 21.7. The molecule has 0 fully saturated rings. The van der Waals surface area contributed by atoms with Crippen LogP contribution in [0.4, 0.5) is 13.2 Å². The van der Waals surface area contributed by atoms with E-state index in [9.17, 15) is 18.0 Å². The minimum Gasteiger partial charge on any atom is -0.214 e. The van der Waals surface area contributed by atoms with Gasteiger partial charge in [0.2, 0.25) is 5.70 Å². The van der Waals surface area contributed by atoms with E-state index in [1.54, 1.807) is 0 Å². The van der Waals surface area contributed by atoms with Crippen molar-refractivity contribution in [1.29, 1.82) is 0 Å². The van der Waals surface area contributed by atoms with Gasteiger partial charge in [-0.3, -0.25) is 0 Å². The lowest BCUT2D eigenvalue weighted by atomic mass is 9.95. The van der Waals surface area contributed by atoms with Crippen LogP contribution < -0.4 is 0 Å². The molecule has 2 rings (SSSR count). The molecular weight excluding hydrogens is 303 g/mol. The highest BCUT2D eigenvalue weighted by Gasteiger charge is 2.39. The maximum Gasteiger partial charge on any atom is 0.424 e. The number of allylic oxidation sites excluding steroid dienone is 7. The molecule has 0 heterocycles. The molecule has 122 valence electrons. The number of carbonyl (C=O) groups is 1. The number of alkyl halides is 3. The summed E-state index contributed by atoms with van der Waals surface area (Å²) in [6.45, 7) is 7.64. The first kappa shape index (κ1) is 17.2. The van der Waals surface area contributed by atoms with Gasteiger partial charge in [-0.1, -0.05) is 29.9 Å². The van der Waals surface area contributed by atoms with E-state index in [1.165, 1.54) is 16.7 Å². The standard InChI is InChI=1S/C18H19F3NO/c1-12-4-6-13(2)16(11-5-12)22(3)17(23)14-7-9-15(10-8-14)18(19,20)21/h5-9,11,15H,3-4,10H2,1-2H3/q+1. The second kappa shape index (κ2) is 6.52. The number of rotatable bonds is 2. The van der Waals surface area contributed by atoms with Gasteiger partial charge in [-0.05, 0) is 32.8 Å². The van der Waals surface area contributed by atoms with Crippen LogP contribution in [0, 0.1) is 5.92 Å². The Morgan fingerprint density at radius 2 is 1.96 bits per heavy atom. The minimum absolute atomic E-state index is 0.220. The Kier molecular flexibility index (Phi) is 4.88. The first-order chi connectivity index (χ1) is 10.7. The third-order valence-electron chi connectivity index (χ3n) is 3.96. The van der Waals surface area contributed by atoms with Crippen LogP contribution in [-0.4, -0.2) is 23.4 Å². The van der Waals surface area contributed by atoms with Gasteiger partial charge in [0.05, 0.1) is 11.5 Å². The van der Waals surface area contributed by atoms with Gasteiger partial charge < -0.3 is 0 Å². The number of carbonyl (C=O) groups excluding carboxylic acids is 1. The van der Waals surface area contributed by atoms with Crippen LogP contribution in [0.5, 0.6) is 0 Å². The predicted molar refractivity (Wildman–Crippen MR) is 84.0 cm³/mol. The Labute approximate surface area is 133 Å². The average molecular weight is 322 g/mol. The molecular formula is C18H19F3NO+. The summed E-state index contributed by atoms with van der Waals surface area (Å²) in [6, 6.07) is 0. The van der Waals surface area contributed by atoms with Crippen LogP contribution in [0.15, 0.2) is 58.9 Å². The summed E-state index contributed by atoms with van der Waals surface area (Å²) in [5.41, 5.74) is 2.96. The van der Waals surface area contributed by atoms with Crippen molar-refractivity contribution in [1.82, 2.24) is 0 Å². The molecule has 1 unspecified atom stereocenters. The van der Waals surface area contributed by atoms with Gasteiger partial charge in [0.1, 0.15) is 6.72 Å². The van der Waals surface area contributed by atoms with E-state index in [0.29, 0.717) is 5.70 Å². The molecule has 0 aromatic heterocycles.